The Labute approximate surface area is 245 Å². The van der Waals surface area contributed by atoms with E-state index in [0.29, 0.717) is 42.7 Å². The van der Waals surface area contributed by atoms with E-state index in [4.69, 9.17) is 27.9 Å². The van der Waals surface area contributed by atoms with Crippen molar-refractivity contribution < 1.29 is 14.3 Å². The van der Waals surface area contributed by atoms with E-state index in [-0.39, 0.29) is 25.0 Å². The molecule has 1 heterocycles. The van der Waals surface area contributed by atoms with Crippen LogP contribution >= 0.6 is 23.2 Å². The van der Waals surface area contributed by atoms with Crippen LogP contribution in [-0.4, -0.2) is 52.8 Å². The summed E-state index contributed by atoms with van der Waals surface area (Å²) in [6, 6.07) is 23.2. The summed E-state index contributed by atoms with van der Waals surface area (Å²) in [7, 11) is 0. The number of para-hydroxylation sites is 1. The fourth-order valence-corrected chi connectivity index (χ4v) is 4.89. The highest BCUT2D eigenvalue weighted by Crippen LogP contribution is 2.24. The quantitative estimate of drug-likeness (QED) is 0.177. The number of aromatic amines is 1. The van der Waals surface area contributed by atoms with Crippen LogP contribution in [0.4, 0.5) is 0 Å². The number of rotatable bonds is 14. The third-order valence-corrected chi connectivity index (χ3v) is 7.57. The van der Waals surface area contributed by atoms with Crippen LogP contribution < -0.4 is 0 Å². The summed E-state index contributed by atoms with van der Waals surface area (Å²) in [6.07, 6.45) is 4.38. The minimum atomic E-state index is -0.191. The van der Waals surface area contributed by atoms with Crippen molar-refractivity contribution in [2.45, 2.75) is 39.3 Å². The predicted octanol–water partition coefficient (Wildman–Crippen LogP) is 6.89. The van der Waals surface area contributed by atoms with Crippen molar-refractivity contribution in [3.63, 3.8) is 0 Å². The normalized spacial score (nSPS) is 11.1. The zero-order valence-electron chi connectivity index (χ0n) is 22.7. The molecule has 0 aliphatic rings. The number of benzene rings is 3. The highest BCUT2D eigenvalue weighted by Gasteiger charge is 2.22. The maximum Gasteiger partial charge on any atom is 0.249 e. The van der Waals surface area contributed by atoms with Gasteiger partial charge in [-0.3, -0.25) is 9.59 Å². The minimum absolute atomic E-state index is 0.0112. The lowest BCUT2D eigenvalue weighted by atomic mass is 10.1. The van der Waals surface area contributed by atoms with Crippen molar-refractivity contribution in [2.24, 2.45) is 0 Å². The molecule has 4 rings (SSSR count). The van der Waals surface area contributed by atoms with Gasteiger partial charge in [0.2, 0.25) is 11.8 Å². The van der Waals surface area contributed by atoms with Gasteiger partial charge < -0.3 is 19.5 Å². The Morgan fingerprint density at radius 3 is 2.40 bits per heavy atom. The van der Waals surface area contributed by atoms with Crippen molar-refractivity contribution >= 4 is 45.9 Å². The molecule has 0 atom stereocenters. The lowest BCUT2D eigenvalue weighted by Gasteiger charge is -2.28. The number of ether oxygens (including phenoxy) is 1. The van der Waals surface area contributed by atoms with Crippen molar-refractivity contribution in [3.8, 4) is 0 Å². The Balaban J connectivity index is 1.46. The molecule has 40 heavy (non-hydrogen) atoms. The van der Waals surface area contributed by atoms with E-state index in [2.05, 4.69) is 18.0 Å². The molecule has 0 aliphatic carbocycles. The van der Waals surface area contributed by atoms with E-state index in [1.807, 2.05) is 60.8 Å². The van der Waals surface area contributed by atoms with Crippen LogP contribution in [0.5, 0.6) is 0 Å². The van der Waals surface area contributed by atoms with Crippen molar-refractivity contribution in [1.29, 1.82) is 0 Å². The monoisotopic (exact) mass is 579 g/mol. The second kappa shape index (κ2) is 14.9. The van der Waals surface area contributed by atoms with Crippen LogP contribution in [0.3, 0.4) is 0 Å². The lowest BCUT2D eigenvalue weighted by Crippen LogP contribution is -2.44. The molecule has 1 aromatic heterocycles. The van der Waals surface area contributed by atoms with Crippen LogP contribution in [-0.2, 0) is 33.9 Å². The maximum absolute atomic E-state index is 13.7. The molecule has 0 saturated carbocycles. The summed E-state index contributed by atoms with van der Waals surface area (Å²) in [5.74, 6) is -0.317. The molecule has 0 saturated heterocycles. The Morgan fingerprint density at radius 1 is 0.850 bits per heavy atom. The zero-order valence-corrected chi connectivity index (χ0v) is 24.3. The highest BCUT2D eigenvalue weighted by molar-refractivity contribution is 6.42. The minimum Gasteiger partial charge on any atom is -0.367 e. The third-order valence-electron chi connectivity index (χ3n) is 6.83. The number of fused-ring (bicyclic) bond motifs is 1. The molecule has 210 valence electrons. The van der Waals surface area contributed by atoms with Crippen LogP contribution in [0.15, 0.2) is 79.0 Å². The van der Waals surface area contributed by atoms with Gasteiger partial charge in [-0.2, -0.15) is 0 Å². The summed E-state index contributed by atoms with van der Waals surface area (Å²) in [4.78, 5) is 33.6. The Hall–Kier alpha value is -3.32. The fourth-order valence-electron chi connectivity index (χ4n) is 4.57. The average Bonchev–Trinajstić information content (AvgIpc) is 3.38. The number of aromatic nitrogens is 1. The molecule has 2 amide bonds. The standard InChI is InChI=1S/C32H35Cl2N3O3/c1-2-3-16-36(32(39)23-40-22-24-9-5-4-6-10-24)21-31(38)37(20-25-13-14-28(33)29(34)18-25)17-15-26-19-35-30-12-8-7-11-27(26)30/h4-14,18-19,35H,2-3,15-17,20-23H2,1H3. The summed E-state index contributed by atoms with van der Waals surface area (Å²) in [5.41, 5.74) is 4.07. The van der Waals surface area contributed by atoms with Crippen LogP contribution in [0.2, 0.25) is 10.0 Å². The smallest absolute Gasteiger partial charge is 0.249 e. The van der Waals surface area contributed by atoms with Crippen LogP contribution in [0.25, 0.3) is 10.9 Å². The van der Waals surface area contributed by atoms with Gasteiger partial charge in [0, 0.05) is 36.7 Å². The summed E-state index contributed by atoms with van der Waals surface area (Å²) in [6.45, 7) is 3.67. The largest absolute Gasteiger partial charge is 0.367 e. The molecule has 3 aromatic carbocycles. The van der Waals surface area contributed by atoms with Crippen molar-refractivity contribution in [3.05, 3.63) is 106 Å². The first-order chi connectivity index (χ1) is 19.4. The molecule has 0 radical (unpaired) electrons. The number of hydrogen-bond donors (Lipinski definition) is 1. The second-order valence-corrected chi connectivity index (χ2v) is 10.6. The van der Waals surface area contributed by atoms with Gasteiger partial charge in [0.15, 0.2) is 0 Å². The molecule has 0 aliphatic heterocycles. The first-order valence-electron chi connectivity index (χ1n) is 13.6. The van der Waals surface area contributed by atoms with E-state index in [9.17, 15) is 9.59 Å². The zero-order chi connectivity index (χ0) is 28.3. The summed E-state index contributed by atoms with van der Waals surface area (Å²) >= 11 is 12.4. The van der Waals surface area contributed by atoms with Gasteiger partial charge >= 0.3 is 0 Å². The number of hydrogen-bond acceptors (Lipinski definition) is 3. The highest BCUT2D eigenvalue weighted by atomic mass is 35.5. The van der Waals surface area contributed by atoms with Crippen LogP contribution in [0, 0.1) is 0 Å². The molecule has 0 unspecified atom stereocenters. The molecule has 8 heteroatoms. The number of halogens is 2. The van der Waals surface area contributed by atoms with Crippen LogP contribution in [0.1, 0.15) is 36.5 Å². The van der Waals surface area contributed by atoms with E-state index in [1.54, 1.807) is 21.9 Å². The first kappa shape index (κ1) is 29.7. The lowest BCUT2D eigenvalue weighted by molar-refractivity contribution is -0.143. The first-order valence-corrected chi connectivity index (χ1v) is 14.4. The van der Waals surface area contributed by atoms with E-state index in [0.717, 1.165) is 40.4 Å². The topological polar surface area (TPSA) is 65.6 Å². The third kappa shape index (κ3) is 8.34. The predicted molar refractivity (Wildman–Crippen MR) is 161 cm³/mol. The molecular formula is C32H35Cl2N3O3. The molecule has 4 aromatic rings. The number of nitrogens with one attached hydrogen (secondary N) is 1. The number of H-pyrrole nitrogens is 1. The fraction of sp³-hybridized carbons (Fsp3) is 0.312. The van der Waals surface area contributed by atoms with Gasteiger partial charge in [-0.15, -0.1) is 0 Å². The van der Waals surface area contributed by atoms with Crippen molar-refractivity contribution in [1.82, 2.24) is 14.8 Å². The van der Waals surface area contributed by atoms with E-state index >= 15 is 0 Å². The maximum atomic E-state index is 13.7. The molecule has 0 fully saturated rings. The number of amides is 2. The number of unbranched alkanes of at least 4 members (excludes halogenated alkanes) is 1. The van der Waals surface area contributed by atoms with Gasteiger partial charge in [0.05, 0.1) is 23.2 Å². The van der Waals surface area contributed by atoms with E-state index < -0.39 is 0 Å². The number of nitrogens with zero attached hydrogens (tertiary/aromatic N) is 2. The molecule has 6 nitrogen and oxygen atoms in total. The van der Waals surface area contributed by atoms with Gasteiger partial charge in [0.25, 0.3) is 0 Å². The average molecular weight is 581 g/mol. The van der Waals surface area contributed by atoms with Crippen molar-refractivity contribution in [2.75, 3.05) is 26.2 Å². The Kier molecular flexibility index (Phi) is 11.0. The van der Waals surface area contributed by atoms with Gasteiger partial charge in [-0.05, 0) is 47.7 Å². The van der Waals surface area contributed by atoms with Gasteiger partial charge in [-0.25, -0.2) is 0 Å². The molecule has 0 bridgehead atoms. The molecular weight excluding hydrogens is 545 g/mol. The molecule has 0 spiro atoms. The van der Waals surface area contributed by atoms with E-state index in [1.165, 1.54) is 0 Å². The van der Waals surface area contributed by atoms with Gasteiger partial charge in [0.1, 0.15) is 6.61 Å². The van der Waals surface area contributed by atoms with Gasteiger partial charge in [-0.1, -0.05) is 91.1 Å². The second-order valence-electron chi connectivity index (χ2n) is 9.82. The number of carbonyl (C=O) groups excluding carboxylic acids is 2. The SMILES string of the molecule is CCCCN(CC(=O)N(CCc1c[nH]c2ccccc12)Cc1ccc(Cl)c(Cl)c1)C(=O)COCc1ccccc1. The molecule has 1 N–H and O–H groups in total. The number of carbonyl (C=O) groups is 2. The Morgan fingerprint density at radius 2 is 1.62 bits per heavy atom. The summed E-state index contributed by atoms with van der Waals surface area (Å²) in [5, 5.41) is 2.05. The Bertz CT molecular complexity index is 1410. The summed E-state index contributed by atoms with van der Waals surface area (Å²) < 4.78 is 5.70.